The van der Waals surface area contributed by atoms with Gasteiger partial charge >= 0.3 is 12.4 Å². The normalized spacial score (nSPS) is 14.6. The van der Waals surface area contributed by atoms with Crippen molar-refractivity contribution in [3.05, 3.63) is 77.2 Å². The number of anilines is 2. The minimum atomic E-state index is -5.07. The molecular weight excluding hydrogens is 557 g/mol. The van der Waals surface area contributed by atoms with Gasteiger partial charge in [-0.1, -0.05) is 0 Å². The van der Waals surface area contributed by atoms with E-state index in [4.69, 9.17) is 4.74 Å². The smallest absolute Gasteiger partial charge is 0.416 e. The zero-order chi connectivity index (χ0) is 30.2. The van der Waals surface area contributed by atoms with Gasteiger partial charge in [0.2, 0.25) is 5.91 Å². The van der Waals surface area contributed by atoms with E-state index < -0.39 is 46.2 Å². The molecule has 220 valence electrons. The number of carbonyl (C=O) groups is 1. The first-order valence-corrected chi connectivity index (χ1v) is 12.5. The quantitative estimate of drug-likeness (QED) is 0.340. The van der Waals surface area contributed by atoms with E-state index in [9.17, 15) is 35.5 Å². The molecule has 1 aliphatic rings. The maximum atomic E-state index is 13.7. The van der Waals surface area contributed by atoms with Crippen LogP contribution in [-0.4, -0.2) is 44.1 Å². The number of likely N-dealkylation sites (N-methyl/N-ethyl adjacent to an activating group) is 1. The van der Waals surface area contributed by atoms with Crippen LogP contribution in [0.4, 0.5) is 42.2 Å². The second-order valence-corrected chi connectivity index (χ2v) is 10.1. The van der Waals surface area contributed by atoms with Gasteiger partial charge in [-0.25, -0.2) is 9.37 Å². The fraction of sp³-hybridized carbons (Fsp3) is 0.357. The van der Waals surface area contributed by atoms with E-state index in [1.165, 1.54) is 51.4 Å². The summed E-state index contributed by atoms with van der Waals surface area (Å²) >= 11 is 0. The van der Waals surface area contributed by atoms with E-state index in [0.29, 0.717) is 44.1 Å². The molecule has 2 aromatic carbocycles. The number of nitrogens with zero attached hydrogens (tertiary/aromatic N) is 3. The van der Waals surface area contributed by atoms with Gasteiger partial charge in [-0.15, -0.1) is 0 Å². The van der Waals surface area contributed by atoms with Crippen LogP contribution in [0.3, 0.4) is 0 Å². The van der Waals surface area contributed by atoms with Gasteiger partial charge in [-0.3, -0.25) is 4.79 Å². The number of piperazine rings is 1. The molecule has 1 aliphatic heterocycles. The molecule has 0 atom stereocenters. The van der Waals surface area contributed by atoms with E-state index >= 15 is 0 Å². The van der Waals surface area contributed by atoms with Gasteiger partial charge in [0.05, 0.1) is 22.7 Å². The first-order valence-electron chi connectivity index (χ1n) is 12.5. The highest BCUT2D eigenvalue weighted by molar-refractivity contribution is 6.01. The molecule has 41 heavy (non-hydrogen) atoms. The molecule has 0 saturated carbocycles. The Balaban J connectivity index is 1.75. The molecule has 0 spiro atoms. The average Bonchev–Trinajstić information content (AvgIpc) is 2.92. The van der Waals surface area contributed by atoms with E-state index in [1.54, 1.807) is 6.07 Å². The zero-order valence-electron chi connectivity index (χ0n) is 22.3. The molecule has 1 amide bonds. The molecule has 0 radical (unpaired) electrons. The van der Waals surface area contributed by atoms with Crippen molar-refractivity contribution in [2.24, 2.45) is 0 Å². The standard InChI is InChI=1S/C28H27F7N4O2/c1-26(2,17-12-18(27(30,31)32)14-19(13-17)28(33,34)35)25(40)38(3)22-16-37-24(39-10-8-36-9-11-39)15-23(22)41-21-6-4-20(29)5-7-21/h4-7,12-16,36H,8-11H2,1-3H3. The molecule has 0 aliphatic carbocycles. The maximum absolute atomic E-state index is 13.7. The minimum Gasteiger partial charge on any atom is -0.455 e. The molecule has 1 aromatic heterocycles. The Morgan fingerprint density at radius 3 is 1.98 bits per heavy atom. The number of rotatable bonds is 6. The second kappa shape index (κ2) is 11.2. The SMILES string of the molecule is CN(C(=O)C(C)(C)c1cc(C(F)(F)F)cc(C(F)(F)F)c1)c1cnc(N2CCNCC2)cc1Oc1ccc(F)cc1. The number of amides is 1. The number of alkyl halides is 6. The molecule has 3 aromatic rings. The molecule has 0 bridgehead atoms. The van der Waals surface area contributed by atoms with Crippen molar-refractivity contribution in [3.63, 3.8) is 0 Å². The van der Waals surface area contributed by atoms with Crippen molar-refractivity contribution < 1.29 is 40.3 Å². The third-order valence-corrected chi connectivity index (χ3v) is 6.82. The molecule has 0 unspecified atom stereocenters. The summed E-state index contributed by atoms with van der Waals surface area (Å²) in [4.78, 5) is 21.2. The molecule has 1 fully saturated rings. The van der Waals surface area contributed by atoms with Crippen molar-refractivity contribution in [1.82, 2.24) is 10.3 Å². The number of benzene rings is 2. The van der Waals surface area contributed by atoms with Crippen LogP contribution in [0.5, 0.6) is 11.5 Å². The number of hydrogen-bond acceptors (Lipinski definition) is 5. The van der Waals surface area contributed by atoms with E-state index in [0.717, 1.165) is 4.90 Å². The molecule has 4 rings (SSSR count). The van der Waals surface area contributed by atoms with Crippen LogP contribution in [0.1, 0.15) is 30.5 Å². The van der Waals surface area contributed by atoms with Crippen LogP contribution in [0.15, 0.2) is 54.7 Å². The lowest BCUT2D eigenvalue weighted by atomic mass is 9.81. The van der Waals surface area contributed by atoms with E-state index in [1.807, 2.05) is 4.90 Å². The first-order chi connectivity index (χ1) is 19.1. The monoisotopic (exact) mass is 584 g/mol. The Hall–Kier alpha value is -3.87. The molecule has 1 saturated heterocycles. The summed E-state index contributed by atoms with van der Waals surface area (Å²) in [5.74, 6) is -0.419. The lowest BCUT2D eigenvalue weighted by Crippen LogP contribution is -2.44. The summed E-state index contributed by atoms with van der Waals surface area (Å²) in [7, 11) is 1.32. The summed E-state index contributed by atoms with van der Waals surface area (Å²) in [5, 5.41) is 3.22. The largest absolute Gasteiger partial charge is 0.455 e. The average molecular weight is 585 g/mol. The highest BCUT2D eigenvalue weighted by atomic mass is 19.4. The van der Waals surface area contributed by atoms with Gasteiger partial charge in [-0.2, -0.15) is 26.3 Å². The van der Waals surface area contributed by atoms with Crippen molar-refractivity contribution in [3.8, 4) is 11.5 Å². The van der Waals surface area contributed by atoms with Gasteiger partial charge in [0.15, 0.2) is 5.75 Å². The summed E-state index contributed by atoms with van der Waals surface area (Å²) in [5.41, 5.74) is -5.24. The Morgan fingerprint density at radius 1 is 0.902 bits per heavy atom. The topological polar surface area (TPSA) is 57.7 Å². The molecule has 2 heterocycles. The fourth-order valence-electron chi connectivity index (χ4n) is 4.42. The summed E-state index contributed by atoms with van der Waals surface area (Å²) < 4.78 is 100. The third-order valence-electron chi connectivity index (χ3n) is 6.82. The number of carbonyl (C=O) groups excluding carboxylic acids is 1. The Bertz CT molecular complexity index is 1370. The first kappa shape index (κ1) is 30.1. The van der Waals surface area contributed by atoms with Crippen LogP contribution in [0.25, 0.3) is 0 Å². The molecule has 1 N–H and O–H groups in total. The zero-order valence-corrected chi connectivity index (χ0v) is 22.3. The van der Waals surface area contributed by atoms with Crippen molar-refractivity contribution in [2.45, 2.75) is 31.6 Å². The van der Waals surface area contributed by atoms with Gasteiger partial charge in [0.25, 0.3) is 0 Å². The van der Waals surface area contributed by atoms with Crippen LogP contribution < -0.4 is 19.9 Å². The fourth-order valence-corrected chi connectivity index (χ4v) is 4.42. The van der Waals surface area contributed by atoms with E-state index in [2.05, 4.69) is 10.3 Å². The van der Waals surface area contributed by atoms with Gasteiger partial charge < -0.3 is 19.9 Å². The van der Waals surface area contributed by atoms with Gasteiger partial charge in [-0.05, 0) is 61.9 Å². The predicted molar refractivity (Wildman–Crippen MR) is 139 cm³/mol. The van der Waals surface area contributed by atoms with Crippen molar-refractivity contribution in [2.75, 3.05) is 43.0 Å². The molecule has 6 nitrogen and oxygen atoms in total. The van der Waals surface area contributed by atoms with Crippen LogP contribution in [-0.2, 0) is 22.6 Å². The van der Waals surface area contributed by atoms with Gasteiger partial charge in [0.1, 0.15) is 23.1 Å². The predicted octanol–water partition coefficient (Wildman–Crippen LogP) is 6.40. The Kier molecular flexibility index (Phi) is 8.21. The van der Waals surface area contributed by atoms with Gasteiger partial charge in [0, 0.05) is 39.3 Å². The number of hydrogen-bond donors (Lipinski definition) is 1. The number of aromatic nitrogens is 1. The summed E-state index contributed by atoms with van der Waals surface area (Å²) in [6.45, 7) is 5.18. The number of halogens is 7. The summed E-state index contributed by atoms with van der Waals surface area (Å²) in [6.07, 6.45) is -8.79. The molecule has 13 heteroatoms. The lowest BCUT2D eigenvalue weighted by Gasteiger charge is -2.32. The van der Waals surface area contributed by atoms with Crippen LogP contribution in [0.2, 0.25) is 0 Å². The third kappa shape index (κ3) is 6.72. The second-order valence-electron chi connectivity index (χ2n) is 10.1. The van der Waals surface area contributed by atoms with Crippen LogP contribution in [0, 0.1) is 5.82 Å². The highest BCUT2D eigenvalue weighted by Gasteiger charge is 2.41. The van der Waals surface area contributed by atoms with Crippen LogP contribution >= 0.6 is 0 Å². The van der Waals surface area contributed by atoms with E-state index in [-0.39, 0.29) is 23.3 Å². The van der Waals surface area contributed by atoms with Crippen molar-refractivity contribution >= 4 is 17.4 Å². The number of nitrogens with one attached hydrogen (secondary N) is 1. The Morgan fingerprint density at radius 2 is 1.44 bits per heavy atom. The summed E-state index contributed by atoms with van der Waals surface area (Å²) in [6, 6.07) is 7.78. The number of ether oxygens (including phenoxy) is 1. The molecular formula is C28H27F7N4O2. The maximum Gasteiger partial charge on any atom is 0.416 e. The Labute approximate surface area is 231 Å². The minimum absolute atomic E-state index is 0.0150. The number of pyridine rings is 1. The van der Waals surface area contributed by atoms with Crippen molar-refractivity contribution in [1.29, 1.82) is 0 Å². The lowest BCUT2D eigenvalue weighted by molar-refractivity contribution is -0.143. The highest BCUT2D eigenvalue weighted by Crippen LogP contribution is 2.41.